The van der Waals surface area contributed by atoms with Gasteiger partial charge >= 0.3 is 12.1 Å². The molecular formula is C29H25ClF4N6O4S. The number of aliphatic carboxylic acids is 1. The molecule has 10 nitrogen and oxygen atoms in total. The molecule has 0 bridgehead atoms. The van der Waals surface area contributed by atoms with Crippen LogP contribution in [0.25, 0.3) is 20.7 Å². The molecule has 16 heteroatoms. The molecule has 6 rings (SSSR count). The Morgan fingerprint density at radius 1 is 1.20 bits per heavy atom. The van der Waals surface area contributed by atoms with Crippen molar-refractivity contribution in [2.45, 2.75) is 38.3 Å². The van der Waals surface area contributed by atoms with Crippen molar-refractivity contribution in [2.24, 2.45) is 5.73 Å². The van der Waals surface area contributed by atoms with Gasteiger partial charge in [0.1, 0.15) is 35.1 Å². The molecule has 2 aromatic carbocycles. The largest absolute Gasteiger partial charge is 0.490 e. The lowest BCUT2D eigenvalue weighted by Gasteiger charge is -2.17. The highest BCUT2D eigenvalue weighted by Gasteiger charge is 2.38. The van der Waals surface area contributed by atoms with Gasteiger partial charge in [0.25, 0.3) is 0 Å². The van der Waals surface area contributed by atoms with Crippen molar-refractivity contribution in [3.8, 4) is 16.2 Å². The molecule has 0 saturated carbocycles. The number of carboxylic acid groups (broad SMARTS) is 1. The van der Waals surface area contributed by atoms with E-state index in [1.807, 2.05) is 16.9 Å². The number of aliphatic hydroxyl groups excluding tert-OH is 1. The number of alkyl halides is 3. The number of aromatic nitrogens is 4. The number of nitrogens with one attached hydrogen (secondary N) is 1. The number of halogens is 5. The van der Waals surface area contributed by atoms with Gasteiger partial charge in [-0.1, -0.05) is 23.7 Å². The molecule has 45 heavy (non-hydrogen) atoms. The van der Waals surface area contributed by atoms with Crippen LogP contribution in [0.15, 0.2) is 55.0 Å². The Labute approximate surface area is 262 Å². The maximum Gasteiger partial charge on any atom is 0.490 e. The number of rotatable bonds is 8. The molecule has 236 valence electrons. The van der Waals surface area contributed by atoms with Crippen molar-refractivity contribution in [2.75, 3.05) is 11.9 Å². The first-order valence-electron chi connectivity index (χ1n) is 13.4. The number of nitrogens with two attached hydrogens (primary N) is 1. The minimum atomic E-state index is -5.08. The van der Waals surface area contributed by atoms with Gasteiger partial charge < -0.3 is 26.0 Å². The number of benzene rings is 2. The molecule has 0 saturated heterocycles. The van der Waals surface area contributed by atoms with Crippen LogP contribution >= 0.6 is 22.9 Å². The Hall–Kier alpha value is -4.31. The topological polar surface area (TPSA) is 148 Å². The van der Waals surface area contributed by atoms with Crippen molar-refractivity contribution in [3.05, 3.63) is 82.6 Å². The molecule has 0 radical (unpaired) electrons. The quantitative estimate of drug-likeness (QED) is 0.153. The summed E-state index contributed by atoms with van der Waals surface area (Å²) in [5.74, 6) is -1.86. The number of hydrogen-bond acceptors (Lipinski definition) is 9. The molecule has 5 N–H and O–H groups in total. The molecule has 0 spiro atoms. The van der Waals surface area contributed by atoms with Gasteiger partial charge in [0.15, 0.2) is 0 Å². The fraction of sp³-hybridized carbons (Fsp3) is 0.241. The Morgan fingerprint density at radius 3 is 2.67 bits per heavy atom. The summed E-state index contributed by atoms with van der Waals surface area (Å²) in [7, 11) is 0. The van der Waals surface area contributed by atoms with Crippen LogP contribution in [0.3, 0.4) is 0 Å². The zero-order valence-corrected chi connectivity index (χ0v) is 24.8. The monoisotopic (exact) mass is 664 g/mol. The van der Waals surface area contributed by atoms with E-state index in [0.717, 1.165) is 50.4 Å². The number of hydrogen-bond donors (Lipinski definition) is 4. The maximum absolute atomic E-state index is 13.4. The Kier molecular flexibility index (Phi) is 9.53. The predicted molar refractivity (Wildman–Crippen MR) is 160 cm³/mol. The number of fused-ring (bicyclic) bond motifs is 5. The smallest absolute Gasteiger partial charge is 0.487 e. The van der Waals surface area contributed by atoms with E-state index in [-0.39, 0.29) is 19.0 Å². The molecular weight excluding hydrogens is 640 g/mol. The number of carboxylic acids is 1. The molecule has 1 aliphatic carbocycles. The van der Waals surface area contributed by atoms with Gasteiger partial charge in [-0.15, -0.1) is 11.3 Å². The van der Waals surface area contributed by atoms with Crippen LogP contribution < -0.4 is 15.8 Å². The first kappa shape index (κ1) is 32.1. The fourth-order valence-electron chi connectivity index (χ4n) is 4.70. The van der Waals surface area contributed by atoms with E-state index >= 15 is 0 Å². The fourth-order valence-corrected chi connectivity index (χ4v) is 6.16. The van der Waals surface area contributed by atoms with E-state index in [1.54, 1.807) is 41.9 Å². The van der Waals surface area contributed by atoms with Gasteiger partial charge in [0.05, 0.1) is 29.3 Å². The lowest BCUT2D eigenvalue weighted by molar-refractivity contribution is -0.192. The molecule has 3 aromatic heterocycles. The van der Waals surface area contributed by atoms with E-state index in [9.17, 15) is 22.7 Å². The van der Waals surface area contributed by atoms with E-state index in [1.165, 1.54) is 17.7 Å². The van der Waals surface area contributed by atoms with Crippen LogP contribution in [0, 0.1) is 5.82 Å². The normalized spacial score (nSPS) is 13.0. The summed E-state index contributed by atoms with van der Waals surface area (Å²) in [4.78, 5) is 20.0. The Balaban J connectivity index is 0.000000515. The van der Waals surface area contributed by atoms with E-state index in [0.29, 0.717) is 23.1 Å². The minimum absolute atomic E-state index is 0.192. The zero-order valence-electron chi connectivity index (χ0n) is 23.2. The number of thiophene rings is 1. The molecule has 0 fully saturated rings. The summed E-state index contributed by atoms with van der Waals surface area (Å²) >= 11 is 8.12. The molecule has 0 aliphatic heterocycles. The number of nitrogens with zero attached hydrogens (tertiary/aromatic N) is 4. The van der Waals surface area contributed by atoms with Gasteiger partial charge in [-0.05, 0) is 54.3 Å². The standard InChI is InChI=1S/C27H24ClFN6O2S.C2HF3O2/c28-21-9-17(4-7-23(21)37-13-15-2-1-3-16(29)8-15)34-26-24-19-5-6-22-20(11-33-35(22)12-18(36)10-30)25(19)38-27(24)32-14-31-26;3-2(4,5)1(6)7/h1-4,7-9,11,14,18,36H,5-6,10,12-13,30H2,(H,31,32,34);(H,6,7)/t18-;/m1./s1. The molecule has 1 aliphatic rings. The lowest BCUT2D eigenvalue weighted by atomic mass is 9.95. The number of ether oxygens (including phenoxy) is 1. The summed E-state index contributed by atoms with van der Waals surface area (Å²) in [5.41, 5.74) is 10.4. The minimum Gasteiger partial charge on any atom is -0.487 e. The number of aliphatic hydroxyl groups is 1. The van der Waals surface area contributed by atoms with Gasteiger partial charge in [0, 0.05) is 28.4 Å². The highest BCUT2D eigenvalue weighted by atomic mass is 35.5. The number of carbonyl (C=O) groups is 1. The van der Waals surface area contributed by atoms with Crippen LogP contribution in [0.1, 0.15) is 16.8 Å². The third-order valence-electron chi connectivity index (χ3n) is 6.77. The lowest BCUT2D eigenvalue weighted by Crippen LogP contribution is -2.27. The van der Waals surface area contributed by atoms with E-state index in [4.69, 9.17) is 32.0 Å². The SMILES string of the molecule is NC[C@@H](O)Cn1ncc2c1CCc1c-2sc2ncnc(Nc3ccc(OCc4cccc(F)c4)c(Cl)c3)c12.O=C(O)C(F)(F)F. The van der Waals surface area contributed by atoms with Crippen LogP contribution in [0.5, 0.6) is 5.75 Å². The molecule has 3 heterocycles. The highest BCUT2D eigenvalue weighted by Crippen LogP contribution is 2.45. The molecule has 0 amide bonds. The van der Waals surface area contributed by atoms with Crippen molar-refractivity contribution in [1.29, 1.82) is 0 Å². The Bertz CT molecular complexity index is 1850. The second-order valence-electron chi connectivity index (χ2n) is 9.88. The second kappa shape index (κ2) is 13.4. The molecule has 1 atom stereocenters. The summed E-state index contributed by atoms with van der Waals surface area (Å²) in [6, 6.07) is 11.7. The van der Waals surface area contributed by atoms with Crippen LogP contribution in [0.4, 0.5) is 29.1 Å². The van der Waals surface area contributed by atoms with Crippen LogP contribution in [-0.2, 0) is 30.8 Å². The third-order valence-corrected chi connectivity index (χ3v) is 8.24. The van der Waals surface area contributed by atoms with Crippen molar-refractivity contribution < 1.29 is 37.3 Å². The maximum atomic E-state index is 13.4. The van der Waals surface area contributed by atoms with Gasteiger partial charge in [-0.25, -0.2) is 19.2 Å². The third kappa shape index (κ3) is 7.33. The second-order valence-corrected chi connectivity index (χ2v) is 11.3. The zero-order chi connectivity index (χ0) is 32.3. The summed E-state index contributed by atoms with van der Waals surface area (Å²) in [6.45, 7) is 0.778. The Morgan fingerprint density at radius 2 is 1.98 bits per heavy atom. The first-order chi connectivity index (χ1) is 21.4. The summed E-state index contributed by atoms with van der Waals surface area (Å²) in [5, 5.41) is 26.4. The average Bonchev–Trinajstić information content (AvgIpc) is 3.58. The van der Waals surface area contributed by atoms with E-state index < -0.39 is 18.2 Å². The van der Waals surface area contributed by atoms with Gasteiger partial charge in [0.2, 0.25) is 0 Å². The van der Waals surface area contributed by atoms with Crippen molar-refractivity contribution >= 4 is 50.6 Å². The highest BCUT2D eigenvalue weighted by molar-refractivity contribution is 7.22. The number of anilines is 2. The predicted octanol–water partition coefficient (Wildman–Crippen LogP) is 5.72. The van der Waals surface area contributed by atoms with Crippen LogP contribution in [0.2, 0.25) is 5.02 Å². The summed E-state index contributed by atoms with van der Waals surface area (Å²) < 4.78 is 52.8. The van der Waals surface area contributed by atoms with Crippen LogP contribution in [-0.4, -0.2) is 54.8 Å². The van der Waals surface area contributed by atoms with Gasteiger partial charge in [-0.2, -0.15) is 18.3 Å². The first-order valence-corrected chi connectivity index (χ1v) is 14.6. The van der Waals surface area contributed by atoms with Crippen molar-refractivity contribution in [1.82, 2.24) is 19.7 Å². The summed E-state index contributed by atoms with van der Waals surface area (Å²) in [6.07, 6.45) is -0.707. The average molecular weight is 665 g/mol. The number of aryl methyl sites for hydroxylation is 1. The molecule has 0 unspecified atom stereocenters. The van der Waals surface area contributed by atoms with Gasteiger partial charge in [-0.3, -0.25) is 4.68 Å². The molecule has 5 aromatic rings. The van der Waals surface area contributed by atoms with E-state index in [2.05, 4.69) is 20.4 Å². The van der Waals surface area contributed by atoms with Crippen molar-refractivity contribution in [3.63, 3.8) is 0 Å².